The zero-order chi connectivity index (χ0) is 28.3. The number of primary amides is 1. The van der Waals surface area contributed by atoms with Crippen LogP contribution in [0.2, 0.25) is 0 Å². The van der Waals surface area contributed by atoms with Crippen LogP contribution in [0.4, 0.5) is 4.39 Å². The van der Waals surface area contributed by atoms with Crippen molar-refractivity contribution in [1.82, 2.24) is 14.5 Å². The molecule has 0 aliphatic carbocycles. The van der Waals surface area contributed by atoms with Gasteiger partial charge in [-0.3, -0.25) is 14.2 Å². The molecule has 40 heavy (non-hydrogen) atoms. The smallest absolute Gasteiger partial charge is 0.265 e. The van der Waals surface area contributed by atoms with Crippen molar-refractivity contribution in [1.29, 1.82) is 0 Å². The van der Waals surface area contributed by atoms with Crippen LogP contribution in [-0.4, -0.2) is 35.1 Å². The maximum atomic E-state index is 13.9. The summed E-state index contributed by atoms with van der Waals surface area (Å²) in [5.74, 6) is -1.25. The summed E-state index contributed by atoms with van der Waals surface area (Å²) >= 11 is 0. The van der Waals surface area contributed by atoms with Gasteiger partial charge < -0.3 is 10.7 Å². The quantitative estimate of drug-likeness (QED) is 0.317. The fourth-order valence-corrected chi connectivity index (χ4v) is 6.11. The average Bonchev–Trinajstić information content (AvgIpc) is 3.27. The number of hydrogen-bond acceptors (Lipinski definition) is 5. The first-order valence-electron chi connectivity index (χ1n) is 12.3. The number of rotatable bonds is 5. The van der Waals surface area contributed by atoms with Crippen molar-refractivity contribution in [2.75, 3.05) is 6.26 Å². The Morgan fingerprint density at radius 1 is 1.02 bits per heavy atom. The molecule has 0 saturated carbocycles. The largest absolute Gasteiger partial charge is 0.366 e. The lowest BCUT2D eigenvalue weighted by molar-refractivity contribution is 0.100. The molecule has 0 aliphatic heterocycles. The Balaban J connectivity index is 1.61. The van der Waals surface area contributed by atoms with Crippen molar-refractivity contribution in [2.45, 2.75) is 12.7 Å². The number of halogens is 1. The predicted molar refractivity (Wildman–Crippen MR) is 154 cm³/mol. The summed E-state index contributed by atoms with van der Waals surface area (Å²) in [6.07, 6.45) is 2.60. The van der Waals surface area contributed by atoms with Gasteiger partial charge in [0.1, 0.15) is 12.1 Å². The Morgan fingerprint density at radius 2 is 1.82 bits per heavy atom. The molecule has 10 heteroatoms. The summed E-state index contributed by atoms with van der Waals surface area (Å²) in [4.78, 5) is 33.3. The minimum Gasteiger partial charge on any atom is -0.366 e. The van der Waals surface area contributed by atoms with E-state index in [0.717, 1.165) is 27.5 Å². The summed E-state index contributed by atoms with van der Waals surface area (Å²) in [5.41, 5.74) is 10.7. The van der Waals surface area contributed by atoms with E-state index in [9.17, 15) is 22.4 Å². The highest BCUT2D eigenvalue weighted by molar-refractivity contribution is 7.89. The van der Waals surface area contributed by atoms with E-state index in [2.05, 4.69) is 9.97 Å². The number of nitrogens with zero attached hydrogens (tertiary/aromatic N) is 2. The van der Waals surface area contributed by atoms with E-state index in [-0.39, 0.29) is 11.1 Å². The second-order valence-corrected chi connectivity index (χ2v) is 12.0. The van der Waals surface area contributed by atoms with Crippen LogP contribution in [0.15, 0.2) is 77.9 Å². The standard InChI is InChI=1S/C30H23FN4O4S/c1-16-19(4-3-5-26(16)35-15-33-24-11-7-18(31)13-23(24)30(35)37)20-9-10-22(29(32)36)28-27(20)21-8-6-17(12-25(21)34-28)14-40(2,38)39/h3-13,15,34H,14H2,1-2H3,(H2,32,36). The van der Waals surface area contributed by atoms with E-state index in [0.29, 0.717) is 33.4 Å². The Hall–Kier alpha value is -4.83. The van der Waals surface area contributed by atoms with Gasteiger partial charge in [-0.25, -0.2) is 17.8 Å². The minimum atomic E-state index is -3.25. The van der Waals surface area contributed by atoms with Crippen LogP contribution in [0, 0.1) is 12.7 Å². The number of nitrogens with one attached hydrogen (secondary N) is 1. The molecule has 0 spiro atoms. The van der Waals surface area contributed by atoms with Crippen molar-refractivity contribution >= 4 is 48.5 Å². The van der Waals surface area contributed by atoms with Gasteiger partial charge in [-0.1, -0.05) is 30.3 Å². The van der Waals surface area contributed by atoms with E-state index in [4.69, 9.17) is 5.73 Å². The first kappa shape index (κ1) is 25.4. The summed E-state index contributed by atoms with van der Waals surface area (Å²) in [6.45, 7) is 1.87. The molecule has 8 nitrogen and oxygen atoms in total. The lowest BCUT2D eigenvalue weighted by Crippen LogP contribution is -2.20. The molecule has 2 heterocycles. The van der Waals surface area contributed by atoms with Crippen molar-refractivity contribution in [3.8, 4) is 16.8 Å². The molecule has 0 aliphatic rings. The third-order valence-electron chi connectivity index (χ3n) is 7.09. The topological polar surface area (TPSA) is 128 Å². The number of aromatic nitrogens is 3. The Kier molecular flexibility index (Phi) is 5.81. The van der Waals surface area contributed by atoms with Crippen LogP contribution in [0.3, 0.4) is 0 Å². The normalized spacial score (nSPS) is 12.0. The van der Waals surface area contributed by atoms with E-state index in [1.807, 2.05) is 31.2 Å². The summed E-state index contributed by atoms with van der Waals surface area (Å²) in [7, 11) is -3.25. The van der Waals surface area contributed by atoms with Gasteiger partial charge >= 0.3 is 0 Å². The van der Waals surface area contributed by atoms with Crippen molar-refractivity contribution in [2.24, 2.45) is 5.73 Å². The van der Waals surface area contributed by atoms with E-state index in [1.54, 1.807) is 24.3 Å². The fraction of sp³-hybridized carbons (Fsp3) is 0.100. The maximum absolute atomic E-state index is 13.9. The van der Waals surface area contributed by atoms with Crippen LogP contribution < -0.4 is 11.3 Å². The third kappa shape index (κ3) is 4.22. The molecule has 0 fully saturated rings. The summed E-state index contributed by atoms with van der Waals surface area (Å²) < 4.78 is 39.0. The minimum absolute atomic E-state index is 0.118. The third-order valence-corrected chi connectivity index (χ3v) is 7.95. The van der Waals surface area contributed by atoms with Gasteiger partial charge in [0, 0.05) is 22.5 Å². The van der Waals surface area contributed by atoms with Gasteiger partial charge in [0.15, 0.2) is 9.84 Å². The van der Waals surface area contributed by atoms with E-state index in [1.165, 1.54) is 35.3 Å². The maximum Gasteiger partial charge on any atom is 0.265 e. The highest BCUT2D eigenvalue weighted by Gasteiger charge is 2.20. The molecular formula is C30H23FN4O4S. The van der Waals surface area contributed by atoms with Gasteiger partial charge in [0.2, 0.25) is 0 Å². The molecule has 200 valence electrons. The number of hydrogen-bond donors (Lipinski definition) is 2. The lowest BCUT2D eigenvalue weighted by atomic mass is 9.93. The Morgan fingerprint density at radius 3 is 2.58 bits per heavy atom. The van der Waals surface area contributed by atoms with Gasteiger partial charge in [0.25, 0.3) is 11.5 Å². The van der Waals surface area contributed by atoms with E-state index < -0.39 is 27.1 Å². The number of amides is 1. The zero-order valence-electron chi connectivity index (χ0n) is 21.5. The second kappa shape index (κ2) is 9.13. The number of nitrogens with two attached hydrogens (primary N) is 1. The number of fused-ring (bicyclic) bond motifs is 4. The SMILES string of the molecule is Cc1c(-c2ccc(C(N)=O)c3[nH]c4cc(CS(C)(=O)=O)ccc4c23)cccc1-n1cnc2ccc(F)cc2c1=O. The number of aromatic amines is 1. The Bertz CT molecular complexity index is 2200. The van der Waals surface area contributed by atoms with Crippen LogP contribution in [0.25, 0.3) is 49.5 Å². The molecule has 6 rings (SSSR count). The monoisotopic (exact) mass is 554 g/mol. The van der Waals surface area contributed by atoms with Gasteiger partial charge in [0.05, 0.1) is 33.4 Å². The molecule has 1 amide bonds. The summed E-state index contributed by atoms with van der Waals surface area (Å²) in [5, 5.41) is 1.70. The molecule has 0 unspecified atom stereocenters. The molecule has 2 aromatic heterocycles. The number of benzene rings is 4. The number of carbonyl (C=O) groups is 1. The number of sulfone groups is 1. The molecule has 0 atom stereocenters. The van der Waals surface area contributed by atoms with Gasteiger partial charge in [-0.05, 0) is 65.6 Å². The lowest BCUT2D eigenvalue weighted by Gasteiger charge is -2.15. The van der Waals surface area contributed by atoms with Crippen LogP contribution >= 0.6 is 0 Å². The second-order valence-electron chi connectivity index (χ2n) is 9.88. The first-order chi connectivity index (χ1) is 19.0. The van der Waals surface area contributed by atoms with Crippen LogP contribution in [0.1, 0.15) is 21.5 Å². The molecule has 0 bridgehead atoms. The predicted octanol–water partition coefficient (Wildman–Crippen LogP) is 4.78. The zero-order valence-corrected chi connectivity index (χ0v) is 22.3. The molecule has 4 aromatic carbocycles. The van der Waals surface area contributed by atoms with Gasteiger partial charge in [-0.15, -0.1) is 0 Å². The van der Waals surface area contributed by atoms with E-state index >= 15 is 0 Å². The highest BCUT2D eigenvalue weighted by atomic mass is 32.2. The molecule has 0 saturated heterocycles. The van der Waals surface area contributed by atoms with Crippen LogP contribution in [0.5, 0.6) is 0 Å². The van der Waals surface area contributed by atoms with Crippen molar-refractivity contribution in [3.05, 3.63) is 106 Å². The first-order valence-corrected chi connectivity index (χ1v) is 14.4. The molecule has 3 N–H and O–H groups in total. The average molecular weight is 555 g/mol. The highest BCUT2D eigenvalue weighted by Crippen LogP contribution is 2.39. The Labute approximate surface area is 227 Å². The van der Waals surface area contributed by atoms with Crippen LogP contribution in [-0.2, 0) is 15.6 Å². The molecule has 6 aromatic rings. The summed E-state index contributed by atoms with van der Waals surface area (Å²) in [6, 6.07) is 18.2. The fourth-order valence-electron chi connectivity index (χ4n) is 5.32. The number of carbonyl (C=O) groups excluding carboxylic acids is 1. The van der Waals surface area contributed by atoms with Crippen molar-refractivity contribution in [3.63, 3.8) is 0 Å². The number of H-pyrrole nitrogens is 1. The van der Waals surface area contributed by atoms with Crippen molar-refractivity contribution < 1.29 is 17.6 Å². The molecule has 0 radical (unpaired) electrons. The molecular weight excluding hydrogens is 531 g/mol. The van der Waals surface area contributed by atoms with Gasteiger partial charge in [-0.2, -0.15) is 0 Å².